The lowest BCUT2D eigenvalue weighted by Crippen LogP contribution is -2.53. The van der Waals surface area contributed by atoms with Crippen LogP contribution in [-0.4, -0.2) is 108 Å². The molecule has 3 unspecified atom stereocenters. The highest BCUT2D eigenvalue weighted by Crippen LogP contribution is 2.31. The van der Waals surface area contributed by atoms with Crippen LogP contribution in [0.4, 0.5) is 0 Å². The van der Waals surface area contributed by atoms with Gasteiger partial charge in [0.1, 0.15) is 6.04 Å². The zero-order valence-electron chi connectivity index (χ0n) is 17.6. The van der Waals surface area contributed by atoms with Crippen molar-refractivity contribution in [1.82, 2.24) is 20.0 Å². The van der Waals surface area contributed by atoms with Crippen molar-refractivity contribution < 1.29 is 19.4 Å². The molecule has 0 radical (unpaired) electrons. The van der Waals surface area contributed by atoms with Gasteiger partial charge < -0.3 is 20.1 Å². The molecule has 0 aliphatic carbocycles. The molecule has 4 aliphatic rings. The number of amides is 2. The molecule has 3 atom stereocenters. The van der Waals surface area contributed by atoms with Crippen molar-refractivity contribution in [2.45, 2.75) is 75.2 Å². The Labute approximate surface area is 173 Å². The largest absolute Gasteiger partial charge is 0.393 e. The monoisotopic (exact) mass is 408 g/mol. The second-order valence-corrected chi connectivity index (χ2v) is 9.10. The lowest BCUT2D eigenvalue weighted by molar-refractivity contribution is -0.133. The molecule has 4 heterocycles. The number of likely N-dealkylation sites (N-methyl/N-ethyl adjacent to an activating group) is 1. The summed E-state index contributed by atoms with van der Waals surface area (Å²) in [6, 6.07) is 0.742. The van der Waals surface area contributed by atoms with E-state index < -0.39 is 0 Å². The number of piperidine rings is 1. The highest BCUT2D eigenvalue weighted by Gasteiger charge is 2.47. The maximum Gasteiger partial charge on any atom is 0.239 e. The number of aliphatic hydroxyl groups is 1. The molecule has 4 rings (SSSR count). The number of likely N-dealkylation sites (tertiary alicyclic amines) is 2. The zero-order chi connectivity index (χ0) is 20.4. The van der Waals surface area contributed by atoms with E-state index in [9.17, 15) is 14.7 Å². The number of carbonyl (C=O) groups excluding carboxylic acids is 2. The second-order valence-electron chi connectivity index (χ2n) is 9.10. The molecule has 0 saturated carbocycles. The molecule has 164 valence electrons. The van der Waals surface area contributed by atoms with Crippen LogP contribution < -0.4 is 5.32 Å². The van der Waals surface area contributed by atoms with Gasteiger partial charge in [-0.25, -0.2) is 0 Å². The lowest BCUT2D eigenvalue weighted by atomic mass is 10.0. The van der Waals surface area contributed by atoms with Crippen LogP contribution in [0.2, 0.25) is 0 Å². The zero-order valence-corrected chi connectivity index (χ0v) is 17.6. The number of fused-ring (bicyclic) bond motifs is 1. The molecule has 0 aromatic rings. The van der Waals surface area contributed by atoms with Gasteiger partial charge in [0.15, 0.2) is 0 Å². The molecule has 29 heavy (non-hydrogen) atoms. The molecule has 0 spiro atoms. The van der Waals surface area contributed by atoms with E-state index in [4.69, 9.17) is 4.74 Å². The Hall–Kier alpha value is -1.22. The van der Waals surface area contributed by atoms with Gasteiger partial charge in [0.2, 0.25) is 11.8 Å². The van der Waals surface area contributed by atoms with E-state index in [0.29, 0.717) is 44.9 Å². The van der Waals surface area contributed by atoms with Crippen molar-refractivity contribution in [2.75, 3.05) is 46.4 Å². The van der Waals surface area contributed by atoms with Gasteiger partial charge in [-0.15, -0.1) is 0 Å². The van der Waals surface area contributed by atoms with Crippen LogP contribution in [0.15, 0.2) is 0 Å². The van der Waals surface area contributed by atoms with E-state index in [0.717, 1.165) is 45.4 Å². The first-order valence-corrected chi connectivity index (χ1v) is 11.3. The first-order chi connectivity index (χ1) is 14.0. The van der Waals surface area contributed by atoms with Gasteiger partial charge in [-0.05, 0) is 45.6 Å². The number of nitrogens with zero attached hydrogens (tertiary/aromatic N) is 3. The first kappa shape index (κ1) is 21.0. The van der Waals surface area contributed by atoms with Crippen LogP contribution >= 0.6 is 0 Å². The lowest BCUT2D eigenvalue weighted by Gasteiger charge is -2.37. The van der Waals surface area contributed by atoms with E-state index in [1.165, 1.54) is 0 Å². The summed E-state index contributed by atoms with van der Waals surface area (Å²) in [5.41, 5.74) is 0. The minimum absolute atomic E-state index is 0.0904. The van der Waals surface area contributed by atoms with Gasteiger partial charge in [0.05, 0.1) is 6.10 Å². The maximum absolute atomic E-state index is 12.9. The van der Waals surface area contributed by atoms with Gasteiger partial charge in [0, 0.05) is 63.9 Å². The van der Waals surface area contributed by atoms with Crippen molar-refractivity contribution >= 4 is 11.8 Å². The Balaban J connectivity index is 1.35. The molecule has 4 aliphatic heterocycles. The Bertz CT molecular complexity index is 589. The van der Waals surface area contributed by atoms with Crippen molar-refractivity contribution in [1.29, 1.82) is 0 Å². The fourth-order valence-corrected chi connectivity index (χ4v) is 5.58. The minimum Gasteiger partial charge on any atom is -0.393 e. The Morgan fingerprint density at radius 2 is 1.86 bits per heavy atom. The molecule has 4 fully saturated rings. The van der Waals surface area contributed by atoms with E-state index in [-0.39, 0.29) is 36.0 Å². The number of hydrogen-bond donors (Lipinski definition) is 2. The molecule has 0 bridgehead atoms. The molecular formula is C21H36N4O4. The molecule has 2 N–H and O–H groups in total. The van der Waals surface area contributed by atoms with Crippen molar-refractivity contribution in [3.8, 4) is 0 Å². The smallest absolute Gasteiger partial charge is 0.239 e. The molecule has 0 aromatic heterocycles. The van der Waals surface area contributed by atoms with Gasteiger partial charge in [-0.1, -0.05) is 0 Å². The Morgan fingerprint density at radius 1 is 1.14 bits per heavy atom. The van der Waals surface area contributed by atoms with Crippen LogP contribution in [-0.2, 0) is 14.3 Å². The third kappa shape index (κ3) is 4.60. The van der Waals surface area contributed by atoms with Gasteiger partial charge in [0.25, 0.3) is 0 Å². The van der Waals surface area contributed by atoms with Crippen LogP contribution in [0.3, 0.4) is 0 Å². The molecule has 0 aromatic carbocycles. The van der Waals surface area contributed by atoms with Crippen molar-refractivity contribution in [3.05, 3.63) is 0 Å². The summed E-state index contributed by atoms with van der Waals surface area (Å²) in [6.45, 7) is 4.45. The van der Waals surface area contributed by atoms with Crippen LogP contribution in [0.5, 0.6) is 0 Å². The number of aliphatic hydroxyl groups excluding tert-OH is 1. The van der Waals surface area contributed by atoms with Crippen LogP contribution in [0.25, 0.3) is 0 Å². The fourth-order valence-electron chi connectivity index (χ4n) is 5.58. The molecule has 8 heteroatoms. The highest BCUT2D eigenvalue weighted by molar-refractivity contribution is 5.83. The van der Waals surface area contributed by atoms with Crippen LogP contribution in [0, 0.1) is 0 Å². The highest BCUT2D eigenvalue weighted by atomic mass is 16.5. The van der Waals surface area contributed by atoms with E-state index in [1.54, 1.807) is 0 Å². The fraction of sp³-hybridized carbons (Fsp3) is 0.905. The number of hydrogen-bond acceptors (Lipinski definition) is 6. The maximum atomic E-state index is 12.9. The molecule has 8 nitrogen and oxygen atoms in total. The average Bonchev–Trinajstić information content (AvgIpc) is 3.15. The number of ether oxygens (including phenoxy) is 1. The Kier molecular flexibility index (Phi) is 6.73. The van der Waals surface area contributed by atoms with Gasteiger partial charge in [-0.3, -0.25) is 19.4 Å². The third-order valence-electron chi connectivity index (χ3n) is 7.45. The molecule has 4 saturated heterocycles. The summed E-state index contributed by atoms with van der Waals surface area (Å²) < 4.78 is 5.51. The summed E-state index contributed by atoms with van der Waals surface area (Å²) in [5.74, 6) is 0.317. The first-order valence-electron chi connectivity index (χ1n) is 11.3. The summed E-state index contributed by atoms with van der Waals surface area (Å²) in [6.07, 6.45) is 5.36. The SMILES string of the molecule is CN1C(CCC(=O)N2CCC(O)CC2)CNC(=O)C2C1CCN2C1CCOCC1. The number of nitrogens with one attached hydrogen (secondary N) is 1. The second kappa shape index (κ2) is 9.29. The van der Waals surface area contributed by atoms with E-state index >= 15 is 0 Å². The average molecular weight is 409 g/mol. The Morgan fingerprint density at radius 3 is 2.59 bits per heavy atom. The summed E-state index contributed by atoms with van der Waals surface area (Å²) >= 11 is 0. The summed E-state index contributed by atoms with van der Waals surface area (Å²) in [5, 5.41) is 12.8. The summed E-state index contributed by atoms with van der Waals surface area (Å²) in [4.78, 5) is 32.2. The van der Waals surface area contributed by atoms with Crippen LogP contribution in [0.1, 0.15) is 44.9 Å². The summed E-state index contributed by atoms with van der Waals surface area (Å²) in [7, 11) is 2.12. The quantitative estimate of drug-likeness (QED) is 0.670. The van der Waals surface area contributed by atoms with Crippen molar-refractivity contribution in [2.24, 2.45) is 0 Å². The van der Waals surface area contributed by atoms with Gasteiger partial charge >= 0.3 is 0 Å². The number of rotatable bonds is 4. The number of carbonyl (C=O) groups is 2. The predicted molar refractivity (Wildman–Crippen MR) is 108 cm³/mol. The molecule has 2 amide bonds. The third-order valence-corrected chi connectivity index (χ3v) is 7.45. The van der Waals surface area contributed by atoms with Gasteiger partial charge in [-0.2, -0.15) is 0 Å². The standard InChI is InChI=1S/C21H36N4O4/c1-23-16(2-3-19(27)24-9-4-17(26)5-10-24)14-22-21(28)20-18(23)6-11-25(20)15-7-12-29-13-8-15/h15-18,20,26H,2-14H2,1H3,(H,22,28). The van der Waals surface area contributed by atoms with Crippen molar-refractivity contribution in [3.63, 3.8) is 0 Å². The predicted octanol–water partition coefficient (Wildman–Crippen LogP) is -0.198. The normalized spacial score (nSPS) is 33.4. The minimum atomic E-state index is -0.264. The van der Waals surface area contributed by atoms with E-state index in [2.05, 4.69) is 22.2 Å². The topological polar surface area (TPSA) is 85.3 Å². The van der Waals surface area contributed by atoms with E-state index in [1.807, 2.05) is 4.90 Å². The molecular weight excluding hydrogens is 372 g/mol.